The first-order valence-electron chi connectivity index (χ1n) is 48.0. The van der Waals surface area contributed by atoms with Crippen LogP contribution in [-0.2, 0) is 77.5 Å². The van der Waals surface area contributed by atoms with E-state index in [0.717, 1.165) is 140 Å². The van der Waals surface area contributed by atoms with E-state index in [1.807, 2.05) is 177 Å². The molecule has 28 heteroatoms. The number of carboxylic acid groups (broad SMARTS) is 4. The van der Waals surface area contributed by atoms with Crippen LogP contribution >= 0.6 is 110 Å². The highest BCUT2D eigenvalue weighted by molar-refractivity contribution is 9.11. The summed E-state index contributed by atoms with van der Waals surface area (Å²) in [7, 11) is 0. The molecular formula is C114H132Br4Cl4N4O16. The van der Waals surface area contributed by atoms with E-state index in [1.165, 1.54) is 22.3 Å². The molecule has 142 heavy (non-hydrogen) atoms. The molecule has 20 nitrogen and oxygen atoms in total. The molecule has 12 aromatic rings. The molecule has 0 fully saturated rings. The summed E-state index contributed by atoms with van der Waals surface area (Å²) in [5.74, 6) is -0.0936. The number of hydrogen-bond donors (Lipinski definition) is 4. The van der Waals surface area contributed by atoms with E-state index in [1.54, 1.807) is 48.5 Å². The summed E-state index contributed by atoms with van der Waals surface area (Å²) >= 11 is 33.9. The number of benzene rings is 12. The van der Waals surface area contributed by atoms with E-state index in [9.17, 15) is 39.6 Å². The first-order valence-corrected chi connectivity index (χ1v) is 53.3. The van der Waals surface area contributed by atoms with Gasteiger partial charge in [-0.1, -0.05) is 240 Å². The minimum absolute atomic E-state index is 0.0509. The van der Waals surface area contributed by atoms with Gasteiger partial charge in [0.25, 0.3) is 0 Å². The molecule has 0 spiro atoms. The predicted molar refractivity (Wildman–Crippen MR) is 574 cm³/mol. The number of fused-ring (bicyclic) bond motifs is 16. The molecule has 0 amide bonds. The van der Waals surface area contributed by atoms with Crippen LogP contribution in [0.5, 0.6) is 46.0 Å². The molecule has 14 rings (SSSR count). The Morgan fingerprint density at radius 1 is 0.232 bits per heavy atom. The Kier molecular flexibility index (Phi) is 54.6. The lowest BCUT2D eigenvalue weighted by Gasteiger charge is -2.24. The molecule has 2 aliphatic rings. The molecule has 0 aromatic heterocycles. The minimum atomic E-state index is -1.28. The van der Waals surface area contributed by atoms with Crippen molar-refractivity contribution in [3.05, 3.63) is 370 Å². The fourth-order valence-corrected chi connectivity index (χ4v) is 18.0. The number of ether oxygens (including phenoxy) is 8. The van der Waals surface area contributed by atoms with E-state index in [0.29, 0.717) is 195 Å². The Morgan fingerprint density at radius 2 is 0.345 bits per heavy atom. The highest BCUT2D eigenvalue weighted by Gasteiger charge is 2.29. The van der Waals surface area contributed by atoms with Crippen LogP contribution < -0.4 is 81.3 Å². The molecule has 12 aromatic carbocycles. The van der Waals surface area contributed by atoms with Crippen molar-refractivity contribution in [3.8, 4) is 46.0 Å². The number of alkyl halides is 4. The van der Waals surface area contributed by atoms with Crippen LogP contribution in [-0.4, -0.2) is 87.4 Å². The third kappa shape index (κ3) is 38.1. The molecule has 16 bridgehead atoms. The lowest BCUT2D eigenvalue weighted by molar-refractivity contribution is -0.386. The van der Waals surface area contributed by atoms with Crippen molar-refractivity contribution in [2.24, 2.45) is 0 Å². The van der Waals surface area contributed by atoms with Crippen molar-refractivity contribution >= 4 is 134 Å². The number of carboxylic acids is 4. The fraction of sp³-hybridized carbons (Fsp3) is 0.333. The van der Waals surface area contributed by atoms with E-state index < -0.39 is 23.9 Å². The SMILES string of the molecule is CCCOc1c2cc(Br)cc1Cc1cc(C(=O)[O-])cc(c1OCCC)Cc1cc(Br)cc(c1OCCC)Cc1cc(C(=O)[O-])cc(c1OCCC)C2.CCCOc1c2cc(Br)cc1Cc1cc(C(=O)[O-])cc(c1OCCC)Cc1cc(Br)cc(c1OCCC)Cc1cc(C(=O)[O-])cc(c1OCCC)C2.ClCCl.ClCCl.[NH3+]Cc1ccccc1.[NH3+]Cc1ccccc1.[NH3+]Cc1ccccc1.[NH3+]Cc1ccccc1. The molecule has 0 atom stereocenters. The lowest BCUT2D eigenvalue weighted by Crippen LogP contribution is -2.47. The minimum Gasteiger partial charge on any atom is -0.545 e. The van der Waals surface area contributed by atoms with Crippen molar-refractivity contribution < 1.29 is 100 Å². The Balaban J connectivity index is 0.000000280. The highest BCUT2D eigenvalue weighted by atomic mass is 79.9. The molecular weight excluding hydrogens is 2140 g/mol. The quantitative estimate of drug-likeness (QED) is 0.0285. The van der Waals surface area contributed by atoms with Gasteiger partial charge in [0.1, 0.15) is 46.0 Å². The number of aromatic carboxylic acids is 4. The average Bonchev–Trinajstić information content (AvgIpc) is 0.771. The lowest BCUT2D eigenvalue weighted by atomic mass is 9.89. The van der Waals surface area contributed by atoms with E-state index in [2.05, 4.69) is 135 Å². The largest absolute Gasteiger partial charge is 0.545 e. The van der Waals surface area contributed by atoms with Gasteiger partial charge in [-0.2, -0.15) is 0 Å². The van der Waals surface area contributed by atoms with Crippen molar-refractivity contribution in [2.45, 2.75) is 184 Å². The van der Waals surface area contributed by atoms with Crippen LogP contribution in [0.1, 0.15) is 259 Å². The Bertz CT molecular complexity index is 5050. The monoisotopic (exact) mass is 2270 g/mol. The van der Waals surface area contributed by atoms with E-state index in [-0.39, 0.29) is 32.9 Å². The zero-order valence-corrected chi connectivity index (χ0v) is 91.7. The van der Waals surface area contributed by atoms with Crippen LogP contribution in [0.25, 0.3) is 0 Å². The van der Waals surface area contributed by atoms with Gasteiger partial charge >= 0.3 is 0 Å². The van der Waals surface area contributed by atoms with Crippen LogP contribution in [0.3, 0.4) is 0 Å². The van der Waals surface area contributed by atoms with Crippen LogP contribution in [0.4, 0.5) is 0 Å². The van der Waals surface area contributed by atoms with Gasteiger partial charge < -0.3 is 100 Å². The third-order valence-corrected chi connectivity index (χ3v) is 23.8. The maximum absolute atomic E-state index is 12.5. The van der Waals surface area contributed by atoms with Crippen LogP contribution in [0, 0.1) is 0 Å². The molecule has 0 aliphatic heterocycles. The van der Waals surface area contributed by atoms with Gasteiger partial charge in [0, 0.05) is 136 Å². The first kappa shape index (κ1) is 119. The second-order valence-electron chi connectivity index (χ2n) is 33.2. The molecule has 0 radical (unpaired) electrons. The van der Waals surface area contributed by atoms with Gasteiger partial charge in [0.2, 0.25) is 0 Å². The Labute approximate surface area is 890 Å². The number of carbonyl (C=O) groups is 4. The van der Waals surface area contributed by atoms with Gasteiger partial charge in [-0.3, -0.25) is 0 Å². The van der Waals surface area contributed by atoms with Crippen LogP contribution in [0.2, 0.25) is 0 Å². The fourth-order valence-electron chi connectivity index (χ4n) is 15.8. The maximum Gasteiger partial charge on any atom is 0.126 e. The molecule has 0 heterocycles. The second kappa shape index (κ2) is 65.3. The second-order valence-corrected chi connectivity index (χ2v) is 38.5. The number of quaternary nitrogens is 4. The van der Waals surface area contributed by atoms with Crippen molar-refractivity contribution in [1.82, 2.24) is 0 Å². The topological polar surface area (TPSA) is 345 Å². The summed E-state index contributed by atoms with van der Waals surface area (Å²) in [5, 5.41) is 50.4. The van der Waals surface area contributed by atoms with Crippen molar-refractivity contribution in [2.75, 3.05) is 63.5 Å². The van der Waals surface area contributed by atoms with Gasteiger partial charge in [0.15, 0.2) is 0 Å². The highest BCUT2D eigenvalue weighted by Crippen LogP contribution is 2.46. The van der Waals surface area contributed by atoms with Crippen LogP contribution in [0.15, 0.2) is 236 Å². The smallest absolute Gasteiger partial charge is 0.126 e. The van der Waals surface area contributed by atoms with E-state index >= 15 is 0 Å². The molecule has 0 saturated carbocycles. The zero-order valence-electron chi connectivity index (χ0n) is 82.4. The predicted octanol–water partition coefficient (Wildman–Crippen LogP) is 20.1. The Hall–Kier alpha value is -10.2. The summed E-state index contributed by atoms with van der Waals surface area (Å²) in [4.78, 5) is 50.0. The van der Waals surface area contributed by atoms with E-state index in [4.69, 9.17) is 84.3 Å². The zero-order chi connectivity index (χ0) is 103. The van der Waals surface area contributed by atoms with Gasteiger partial charge in [-0.05, 0) is 215 Å². The molecule has 0 unspecified atom stereocenters. The Morgan fingerprint density at radius 3 is 0.437 bits per heavy atom. The molecule has 2 aliphatic carbocycles. The van der Waals surface area contributed by atoms with Gasteiger partial charge in [0.05, 0.1) is 114 Å². The maximum atomic E-state index is 12.5. The number of rotatable bonds is 32. The summed E-state index contributed by atoms with van der Waals surface area (Å²) in [6.07, 6.45) is 8.44. The normalized spacial score (nSPS) is 11.3. The summed E-state index contributed by atoms with van der Waals surface area (Å²) in [6, 6.07) is 69.7. The number of halogens is 8. The molecule has 760 valence electrons. The standard InChI is InChI=1S/2C42H46Br2O8.4C7H9N.2CH2Cl2/c2*1-5-9-49-37-25-13-29-21-35(43)23-31(39(29)51-11-7-3)15-27-19-34(42(47)48)20-28(38(27)50-10-6-2)16-32-24-36(44)22-30(40(32)52-12-8-4)14-26(37)18-33(17-25)41(45)46;4*8-6-7-4-2-1-3-5-7;2*2-1-3/h2*17-24H,5-16H2,1-4H3,(H,45,46)(H,47,48);4*1-5H,6,8H2;2*1H2. The van der Waals surface area contributed by atoms with Gasteiger partial charge in [-0.25, -0.2) is 0 Å². The summed E-state index contributed by atoms with van der Waals surface area (Å²) in [5.41, 5.74) is 32.4. The molecule has 12 N–H and O–H groups in total. The summed E-state index contributed by atoms with van der Waals surface area (Å²) in [6.45, 7) is 23.3. The summed E-state index contributed by atoms with van der Waals surface area (Å²) < 4.78 is 55.0. The van der Waals surface area contributed by atoms with Crippen molar-refractivity contribution in [3.63, 3.8) is 0 Å². The first-order chi connectivity index (χ1) is 68.7. The number of hydrogen-bond acceptors (Lipinski definition) is 16. The number of carbonyl (C=O) groups excluding carboxylic acids is 4. The third-order valence-electron chi connectivity index (χ3n) is 21.9. The van der Waals surface area contributed by atoms with Crippen molar-refractivity contribution in [1.29, 1.82) is 0 Å². The molecule has 0 saturated heterocycles. The average molecular weight is 2280 g/mol. The van der Waals surface area contributed by atoms with Gasteiger partial charge in [-0.15, -0.1) is 46.4 Å².